The molecule has 1 aromatic heterocycles. The molecular formula is C16H18ClN3O. The standard InChI is InChI=1S/C16H18ClN3O/c1-16(2,3)15(21)20-14-8-7-13(10-18-14)19-12-6-4-5-11(17)9-12/h4-10,19H,1-3H3,(H,18,20,21). The molecule has 1 heterocycles. The Bertz CT molecular complexity index is 633. The summed E-state index contributed by atoms with van der Waals surface area (Å²) in [5.41, 5.74) is 1.26. The summed E-state index contributed by atoms with van der Waals surface area (Å²) in [5, 5.41) is 6.65. The molecule has 0 unspecified atom stereocenters. The summed E-state index contributed by atoms with van der Waals surface area (Å²) in [4.78, 5) is 16.1. The third kappa shape index (κ3) is 4.46. The average Bonchev–Trinajstić information content (AvgIpc) is 2.40. The van der Waals surface area contributed by atoms with Gasteiger partial charge in [0.05, 0.1) is 11.9 Å². The molecular weight excluding hydrogens is 286 g/mol. The van der Waals surface area contributed by atoms with Crippen molar-refractivity contribution in [3.8, 4) is 0 Å². The Morgan fingerprint density at radius 1 is 1.14 bits per heavy atom. The molecule has 110 valence electrons. The van der Waals surface area contributed by atoms with Crippen LogP contribution in [0.3, 0.4) is 0 Å². The molecule has 0 fully saturated rings. The molecule has 0 bridgehead atoms. The van der Waals surface area contributed by atoms with Crippen molar-refractivity contribution in [2.24, 2.45) is 5.41 Å². The largest absolute Gasteiger partial charge is 0.354 e. The minimum absolute atomic E-state index is 0.0643. The third-order valence-corrected chi connectivity index (χ3v) is 3.03. The Morgan fingerprint density at radius 2 is 1.90 bits per heavy atom. The van der Waals surface area contributed by atoms with Crippen LogP contribution in [-0.4, -0.2) is 10.9 Å². The highest BCUT2D eigenvalue weighted by Crippen LogP contribution is 2.21. The molecule has 1 aromatic carbocycles. The lowest BCUT2D eigenvalue weighted by molar-refractivity contribution is -0.123. The number of amides is 1. The predicted octanol–water partition coefficient (Wildman–Crippen LogP) is 4.46. The summed E-state index contributed by atoms with van der Waals surface area (Å²) in [6, 6.07) is 11.0. The van der Waals surface area contributed by atoms with E-state index in [0.717, 1.165) is 11.4 Å². The molecule has 0 saturated heterocycles. The first-order chi connectivity index (χ1) is 9.84. The van der Waals surface area contributed by atoms with Gasteiger partial charge in [-0.05, 0) is 30.3 Å². The van der Waals surface area contributed by atoms with Gasteiger partial charge in [0.25, 0.3) is 0 Å². The summed E-state index contributed by atoms with van der Waals surface area (Å²) in [7, 11) is 0. The van der Waals surface area contributed by atoms with Crippen LogP contribution in [0.4, 0.5) is 17.2 Å². The molecule has 0 atom stereocenters. The molecule has 4 nitrogen and oxygen atoms in total. The number of carbonyl (C=O) groups excluding carboxylic acids is 1. The molecule has 0 saturated carbocycles. The van der Waals surface area contributed by atoms with Gasteiger partial charge in [-0.1, -0.05) is 38.4 Å². The minimum Gasteiger partial charge on any atom is -0.354 e. The average molecular weight is 304 g/mol. The van der Waals surface area contributed by atoms with Crippen LogP contribution in [0.1, 0.15) is 20.8 Å². The molecule has 2 N–H and O–H groups in total. The van der Waals surface area contributed by atoms with Crippen LogP contribution in [-0.2, 0) is 4.79 Å². The van der Waals surface area contributed by atoms with E-state index in [0.29, 0.717) is 10.8 Å². The highest BCUT2D eigenvalue weighted by molar-refractivity contribution is 6.30. The van der Waals surface area contributed by atoms with Crippen LogP contribution in [0.5, 0.6) is 0 Å². The summed E-state index contributed by atoms with van der Waals surface area (Å²) < 4.78 is 0. The van der Waals surface area contributed by atoms with E-state index in [4.69, 9.17) is 11.6 Å². The summed E-state index contributed by atoms with van der Waals surface area (Å²) in [5.74, 6) is 0.470. The van der Waals surface area contributed by atoms with Crippen LogP contribution in [0.2, 0.25) is 5.02 Å². The lowest BCUT2D eigenvalue weighted by Crippen LogP contribution is -2.27. The van der Waals surface area contributed by atoms with Gasteiger partial charge >= 0.3 is 0 Å². The molecule has 0 radical (unpaired) electrons. The first-order valence-electron chi connectivity index (χ1n) is 6.65. The molecule has 2 aromatic rings. The number of hydrogen-bond acceptors (Lipinski definition) is 3. The summed E-state index contributed by atoms with van der Waals surface area (Å²) in [6.45, 7) is 5.58. The highest BCUT2D eigenvalue weighted by atomic mass is 35.5. The molecule has 0 spiro atoms. The predicted molar refractivity (Wildman–Crippen MR) is 87.1 cm³/mol. The molecule has 2 rings (SSSR count). The Kier molecular flexibility index (Phi) is 4.48. The fraction of sp³-hybridized carbons (Fsp3) is 0.250. The van der Waals surface area contributed by atoms with Crippen molar-refractivity contribution >= 4 is 34.7 Å². The van der Waals surface area contributed by atoms with E-state index >= 15 is 0 Å². The van der Waals surface area contributed by atoms with Crippen molar-refractivity contribution in [1.29, 1.82) is 0 Å². The topological polar surface area (TPSA) is 54.0 Å². The minimum atomic E-state index is -0.445. The van der Waals surface area contributed by atoms with Gasteiger partial charge in [-0.2, -0.15) is 0 Å². The van der Waals surface area contributed by atoms with E-state index in [9.17, 15) is 4.79 Å². The zero-order valence-corrected chi connectivity index (χ0v) is 13.0. The number of carbonyl (C=O) groups is 1. The second-order valence-corrected chi connectivity index (χ2v) is 6.21. The zero-order chi connectivity index (χ0) is 15.5. The molecule has 0 aliphatic carbocycles. The van der Waals surface area contributed by atoms with Crippen molar-refractivity contribution < 1.29 is 4.79 Å². The molecule has 0 aliphatic rings. The third-order valence-electron chi connectivity index (χ3n) is 2.80. The fourth-order valence-electron chi connectivity index (χ4n) is 1.58. The smallest absolute Gasteiger partial charge is 0.230 e. The summed E-state index contributed by atoms with van der Waals surface area (Å²) in [6.07, 6.45) is 1.67. The van der Waals surface area contributed by atoms with Gasteiger partial charge in [0.15, 0.2) is 0 Å². The normalized spacial score (nSPS) is 11.0. The van der Waals surface area contributed by atoms with Crippen LogP contribution in [0.15, 0.2) is 42.6 Å². The molecule has 1 amide bonds. The lowest BCUT2D eigenvalue weighted by atomic mass is 9.96. The fourth-order valence-corrected chi connectivity index (χ4v) is 1.77. The van der Waals surface area contributed by atoms with Gasteiger partial charge in [-0.25, -0.2) is 4.98 Å². The van der Waals surface area contributed by atoms with Crippen molar-refractivity contribution in [2.75, 3.05) is 10.6 Å². The van der Waals surface area contributed by atoms with Crippen LogP contribution < -0.4 is 10.6 Å². The van der Waals surface area contributed by atoms with E-state index in [1.807, 2.05) is 51.1 Å². The maximum Gasteiger partial charge on any atom is 0.230 e. The number of aromatic nitrogens is 1. The number of pyridine rings is 1. The van der Waals surface area contributed by atoms with Gasteiger partial charge in [-0.15, -0.1) is 0 Å². The second kappa shape index (κ2) is 6.14. The Morgan fingerprint density at radius 3 is 2.48 bits per heavy atom. The number of nitrogens with one attached hydrogen (secondary N) is 2. The number of nitrogens with zero attached hydrogens (tertiary/aromatic N) is 1. The van der Waals surface area contributed by atoms with Crippen molar-refractivity contribution in [3.63, 3.8) is 0 Å². The maximum atomic E-state index is 11.9. The van der Waals surface area contributed by atoms with E-state index in [1.165, 1.54) is 0 Å². The zero-order valence-electron chi connectivity index (χ0n) is 12.3. The van der Waals surface area contributed by atoms with E-state index in [2.05, 4.69) is 15.6 Å². The van der Waals surface area contributed by atoms with E-state index in [-0.39, 0.29) is 5.91 Å². The monoisotopic (exact) mass is 303 g/mol. The molecule has 0 aliphatic heterocycles. The van der Waals surface area contributed by atoms with Gasteiger partial charge in [-0.3, -0.25) is 4.79 Å². The number of halogens is 1. The molecule has 5 heteroatoms. The Balaban J connectivity index is 2.04. The number of rotatable bonds is 3. The first kappa shape index (κ1) is 15.3. The van der Waals surface area contributed by atoms with Gasteiger partial charge in [0, 0.05) is 16.1 Å². The summed E-state index contributed by atoms with van der Waals surface area (Å²) >= 11 is 5.93. The molecule has 21 heavy (non-hydrogen) atoms. The van der Waals surface area contributed by atoms with Crippen LogP contribution in [0, 0.1) is 5.41 Å². The van der Waals surface area contributed by atoms with Gasteiger partial charge in [0.2, 0.25) is 5.91 Å². The maximum absolute atomic E-state index is 11.9. The van der Waals surface area contributed by atoms with E-state index < -0.39 is 5.41 Å². The van der Waals surface area contributed by atoms with Crippen molar-refractivity contribution in [1.82, 2.24) is 4.98 Å². The van der Waals surface area contributed by atoms with Crippen LogP contribution >= 0.6 is 11.6 Å². The Labute approximate surface area is 129 Å². The highest BCUT2D eigenvalue weighted by Gasteiger charge is 2.21. The number of benzene rings is 1. The number of anilines is 3. The SMILES string of the molecule is CC(C)(C)C(=O)Nc1ccc(Nc2cccc(Cl)c2)cn1. The van der Waals surface area contributed by atoms with Crippen molar-refractivity contribution in [3.05, 3.63) is 47.6 Å². The number of hydrogen-bond donors (Lipinski definition) is 2. The first-order valence-corrected chi connectivity index (χ1v) is 7.02. The quantitative estimate of drug-likeness (QED) is 0.880. The second-order valence-electron chi connectivity index (χ2n) is 5.77. The van der Waals surface area contributed by atoms with Gasteiger partial charge in [0.1, 0.15) is 5.82 Å². The van der Waals surface area contributed by atoms with Gasteiger partial charge < -0.3 is 10.6 Å². The lowest BCUT2D eigenvalue weighted by Gasteiger charge is -2.17. The van der Waals surface area contributed by atoms with Crippen LogP contribution in [0.25, 0.3) is 0 Å². The Hall–Kier alpha value is -2.07. The van der Waals surface area contributed by atoms with Crippen molar-refractivity contribution in [2.45, 2.75) is 20.8 Å². The van der Waals surface area contributed by atoms with E-state index in [1.54, 1.807) is 12.3 Å².